The zero-order valence-electron chi connectivity index (χ0n) is 16.5. The van der Waals surface area contributed by atoms with E-state index in [1.54, 1.807) is 37.3 Å². The second-order valence-electron chi connectivity index (χ2n) is 6.82. The number of aryl methyl sites for hydroxylation is 1. The van der Waals surface area contributed by atoms with E-state index in [1.807, 2.05) is 0 Å². The van der Waals surface area contributed by atoms with Gasteiger partial charge < -0.3 is 20.8 Å². The third kappa shape index (κ3) is 4.08. The van der Waals surface area contributed by atoms with Crippen LogP contribution in [0.25, 0.3) is 11.0 Å². The first-order valence-electron chi connectivity index (χ1n) is 9.24. The molecule has 0 aliphatic heterocycles. The molecule has 0 bridgehead atoms. The molecular formula is C22H15ClFN3O4S. The number of nitrogens with one attached hydrogen (secondary N) is 2. The number of amides is 3. The topological polar surface area (TPSA) is 114 Å². The molecule has 0 spiro atoms. The molecule has 0 saturated heterocycles. The van der Waals surface area contributed by atoms with Crippen molar-refractivity contribution < 1.29 is 23.2 Å². The van der Waals surface area contributed by atoms with Gasteiger partial charge in [-0.05, 0) is 48.9 Å². The number of thiophene rings is 1. The van der Waals surface area contributed by atoms with Gasteiger partial charge in [-0.3, -0.25) is 14.4 Å². The van der Waals surface area contributed by atoms with Crippen molar-refractivity contribution in [1.29, 1.82) is 0 Å². The minimum Gasteiger partial charge on any atom is -0.449 e. The summed E-state index contributed by atoms with van der Waals surface area (Å²) in [7, 11) is 0. The zero-order chi connectivity index (χ0) is 23.0. The first kappa shape index (κ1) is 21.5. The van der Waals surface area contributed by atoms with Crippen molar-refractivity contribution in [2.45, 2.75) is 6.92 Å². The van der Waals surface area contributed by atoms with Crippen LogP contribution in [0.5, 0.6) is 0 Å². The maximum atomic E-state index is 13.2. The third-order valence-electron chi connectivity index (χ3n) is 4.59. The number of nitrogens with two attached hydrogens (primary N) is 1. The second kappa shape index (κ2) is 8.45. The molecule has 2 aromatic carbocycles. The summed E-state index contributed by atoms with van der Waals surface area (Å²) in [5.41, 5.74) is 6.67. The summed E-state index contributed by atoms with van der Waals surface area (Å²) in [6.45, 7) is 1.70. The first-order valence-corrected chi connectivity index (χ1v) is 10.4. The highest BCUT2D eigenvalue weighted by Gasteiger charge is 2.23. The molecule has 162 valence electrons. The van der Waals surface area contributed by atoms with Gasteiger partial charge in [0.2, 0.25) is 5.76 Å². The Balaban J connectivity index is 1.59. The number of halogens is 2. The Bertz CT molecular complexity index is 1400. The van der Waals surface area contributed by atoms with Gasteiger partial charge in [0, 0.05) is 5.39 Å². The molecule has 10 heteroatoms. The van der Waals surface area contributed by atoms with Crippen LogP contribution in [0.2, 0.25) is 5.02 Å². The maximum Gasteiger partial charge on any atom is 0.286 e. The number of carbonyl (C=O) groups is 3. The first-order chi connectivity index (χ1) is 15.2. The molecule has 0 radical (unpaired) electrons. The van der Waals surface area contributed by atoms with Gasteiger partial charge in [0.25, 0.3) is 17.7 Å². The molecule has 0 saturated carbocycles. The standard InChI is InChI=1S/C22H15ClFN3O4S/c1-10-8-16(26-21(29)12-7-6-11(24)9-14(12)23)32-19(10)22(30)27-17-13-4-2-3-5-15(13)31-18(17)20(25)28/h2-9H,1H3,(H2,25,28)(H,26,29)(H,27,30). The molecule has 0 aliphatic rings. The van der Waals surface area contributed by atoms with E-state index < -0.39 is 23.5 Å². The average Bonchev–Trinajstić information content (AvgIpc) is 3.28. The van der Waals surface area contributed by atoms with Gasteiger partial charge in [-0.1, -0.05) is 23.7 Å². The van der Waals surface area contributed by atoms with Crippen molar-refractivity contribution in [3.8, 4) is 0 Å². The molecule has 0 atom stereocenters. The van der Waals surface area contributed by atoms with Crippen molar-refractivity contribution in [1.82, 2.24) is 0 Å². The summed E-state index contributed by atoms with van der Waals surface area (Å²) < 4.78 is 18.7. The van der Waals surface area contributed by atoms with Crippen LogP contribution in [-0.4, -0.2) is 17.7 Å². The Kier molecular flexibility index (Phi) is 5.68. The number of hydrogen-bond donors (Lipinski definition) is 3. The number of carbonyl (C=O) groups excluding carboxylic acids is 3. The van der Waals surface area contributed by atoms with E-state index in [1.165, 1.54) is 6.07 Å². The summed E-state index contributed by atoms with van der Waals surface area (Å²) in [4.78, 5) is 37.5. The van der Waals surface area contributed by atoms with Crippen LogP contribution >= 0.6 is 22.9 Å². The number of fused-ring (bicyclic) bond motifs is 1. The molecular weight excluding hydrogens is 457 g/mol. The quantitative estimate of drug-likeness (QED) is 0.371. The van der Waals surface area contributed by atoms with Crippen molar-refractivity contribution in [3.05, 3.63) is 81.1 Å². The van der Waals surface area contributed by atoms with Crippen LogP contribution in [0.15, 0.2) is 52.9 Å². The van der Waals surface area contributed by atoms with Crippen LogP contribution in [-0.2, 0) is 0 Å². The Morgan fingerprint density at radius 3 is 2.53 bits per heavy atom. The van der Waals surface area contributed by atoms with E-state index in [0.717, 1.165) is 23.5 Å². The van der Waals surface area contributed by atoms with Gasteiger partial charge >= 0.3 is 0 Å². The number of anilines is 2. The molecule has 0 aliphatic carbocycles. The maximum absolute atomic E-state index is 13.2. The largest absolute Gasteiger partial charge is 0.449 e. The van der Waals surface area contributed by atoms with Gasteiger partial charge in [-0.25, -0.2) is 4.39 Å². The molecule has 4 aromatic rings. The molecule has 2 aromatic heterocycles. The molecule has 4 rings (SSSR count). The van der Waals surface area contributed by atoms with E-state index >= 15 is 0 Å². The minimum absolute atomic E-state index is 0.0282. The Hall–Kier alpha value is -3.69. The molecule has 0 unspecified atom stereocenters. The highest BCUT2D eigenvalue weighted by Crippen LogP contribution is 2.33. The Morgan fingerprint density at radius 2 is 1.81 bits per heavy atom. The lowest BCUT2D eigenvalue weighted by molar-refractivity contribution is 0.0975. The number of para-hydroxylation sites is 1. The van der Waals surface area contributed by atoms with Gasteiger partial charge in [0.15, 0.2) is 0 Å². The van der Waals surface area contributed by atoms with E-state index in [4.69, 9.17) is 21.8 Å². The van der Waals surface area contributed by atoms with Gasteiger partial charge in [0.1, 0.15) is 17.1 Å². The molecule has 32 heavy (non-hydrogen) atoms. The van der Waals surface area contributed by atoms with E-state index in [0.29, 0.717) is 26.4 Å². The molecule has 4 N–H and O–H groups in total. The predicted octanol–water partition coefficient (Wildman–Crippen LogP) is 5.20. The SMILES string of the molecule is Cc1cc(NC(=O)c2ccc(F)cc2Cl)sc1C(=O)Nc1c(C(N)=O)oc2ccccc12. The lowest BCUT2D eigenvalue weighted by Crippen LogP contribution is -2.16. The van der Waals surface area contributed by atoms with Crippen LogP contribution in [0.1, 0.15) is 36.1 Å². The number of benzene rings is 2. The fraction of sp³-hybridized carbons (Fsp3) is 0.0455. The highest BCUT2D eigenvalue weighted by atomic mass is 35.5. The molecule has 0 fully saturated rings. The normalized spacial score (nSPS) is 10.8. The van der Waals surface area contributed by atoms with Crippen LogP contribution in [0, 0.1) is 12.7 Å². The molecule has 7 nitrogen and oxygen atoms in total. The fourth-order valence-electron chi connectivity index (χ4n) is 3.14. The smallest absolute Gasteiger partial charge is 0.286 e. The summed E-state index contributed by atoms with van der Waals surface area (Å²) in [6.07, 6.45) is 0. The summed E-state index contributed by atoms with van der Waals surface area (Å²) in [6, 6.07) is 11.9. The Morgan fingerprint density at radius 1 is 1.06 bits per heavy atom. The molecule has 3 amide bonds. The van der Waals surface area contributed by atoms with Crippen molar-refractivity contribution in [3.63, 3.8) is 0 Å². The number of primary amides is 1. The van der Waals surface area contributed by atoms with Gasteiger partial charge in [-0.15, -0.1) is 11.3 Å². The minimum atomic E-state index is -0.816. The predicted molar refractivity (Wildman–Crippen MR) is 121 cm³/mol. The van der Waals surface area contributed by atoms with Crippen molar-refractivity contribution in [2.24, 2.45) is 5.73 Å². The van der Waals surface area contributed by atoms with Crippen LogP contribution in [0.4, 0.5) is 15.1 Å². The lowest BCUT2D eigenvalue weighted by Gasteiger charge is -2.05. The van der Waals surface area contributed by atoms with Gasteiger partial charge in [-0.2, -0.15) is 0 Å². The monoisotopic (exact) mass is 471 g/mol. The van der Waals surface area contributed by atoms with E-state index in [9.17, 15) is 18.8 Å². The summed E-state index contributed by atoms with van der Waals surface area (Å²) in [5, 5.41) is 6.24. The summed E-state index contributed by atoms with van der Waals surface area (Å²) in [5.74, 6) is -2.57. The van der Waals surface area contributed by atoms with Crippen molar-refractivity contribution >= 4 is 62.3 Å². The van der Waals surface area contributed by atoms with Crippen LogP contribution < -0.4 is 16.4 Å². The number of furan rings is 1. The highest BCUT2D eigenvalue weighted by molar-refractivity contribution is 7.18. The number of rotatable bonds is 5. The lowest BCUT2D eigenvalue weighted by atomic mass is 10.2. The molecule has 2 heterocycles. The summed E-state index contributed by atoms with van der Waals surface area (Å²) >= 11 is 6.97. The Labute approximate surface area is 190 Å². The van der Waals surface area contributed by atoms with Crippen molar-refractivity contribution in [2.75, 3.05) is 10.6 Å². The third-order valence-corrected chi connectivity index (χ3v) is 6.06. The average molecular weight is 472 g/mol. The van der Waals surface area contributed by atoms with E-state index in [-0.39, 0.29) is 22.0 Å². The second-order valence-corrected chi connectivity index (χ2v) is 8.28. The zero-order valence-corrected chi connectivity index (χ0v) is 18.1. The van der Waals surface area contributed by atoms with Gasteiger partial charge in [0.05, 0.1) is 20.5 Å². The number of hydrogen-bond acceptors (Lipinski definition) is 5. The van der Waals surface area contributed by atoms with Crippen LogP contribution in [0.3, 0.4) is 0 Å². The fourth-order valence-corrected chi connectivity index (χ4v) is 4.35. The van der Waals surface area contributed by atoms with E-state index in [2.05, 4.69) is 10.6 Å².